The van der Waals surface area contributed by atoms with E-state index in [0.29, 0.717) is 22.7 Å². The number of aliphatic imine (C=N–C) groups is 1. The van der Waals surface area contributed by atoms with Crippen LogP contribution in [0.3, 0.4) is 0 Å². The number of nitrogens with one attached hydrogen (secondary N) is 3. The van der Waals surface area contributed by atoms with Gasteiger partial charge in [-0.15, -0.1) is 0 Å². The zero-order valence-electron chi connectivity index (χ0n) is 19.3. The van der Waals surface area contributed by atoms with Crippen molar-refractivity contribution >= 4 is 66.4 Å². The fraction of sp³-hybridized carbons (Fsp3) is 0.364. The smallest absolute Gasteiger partial charge is 0.309 e. The zero-order chi connectivity index (χ0) is 26.2. The van der Waals surface area contributed by atoms with E-state index in [1.54, 1.807) is 18.2 Å². The summed E-state index contributed by atoms with van der Waals surface area (Å²) >= 11 is 11.9. The molecule has 0 aliphatic carbocycles. The van der Waals surface area contributed by atoms with Gasteiger partial charge in [0.2, 0.25) is 20.0 Å². The van der Waals surface area contributed by atoms with E-state index in [4.69, 9.17) is 23.2 Å². The Morgan fingerprint density at radius 1 is 0.972 bits per heavy atom. The number of nitrogens with zero attached hydrogens (tertiary/aromatic N) is 1. The highest BCUT2D eigenvalue weighted by Crippen LogP contribution is 2.25. The Kier molecular flexibility index (Phi) is 12.0. The van der Waals surface area contributed by atoms with Gasteiger partial charge in [-0.2, -0.15) is 0 Å². The minimum atomic E-state index is -3.37. The maximum absolute atomic E-state index is 11.1. The normalized spacial score (nSPS) is 12.8. The van der Waals surface area contributed by atoms with Gasteiger partial charge in [-0.25, -0.2) is 16.8 Å². The van der Waals surface area contributed by atoms with Crippen LogP contribution in [0.2, 0.25) is 10.0 Å². The first-order valence-corrected chi connectivity index (χ1v) is 14.7. The van der Waals surface area contributed by atoms with Crippen LogP contribution in [0.15, 0.2) is 41.4 Å². The van der Waals surface area contributed by atoms with E-state index in [9.17, 15) is 21.6 Å². The number of hydrogen-bond donors (Lipinski definition) is 3. The van der Waals surface area contributed by atoms with Gasteiger partial charge in [0.25, 0.3) is 0 Å². The van der Waals surface area contributed by atoms with Crippen LogP contribution in [0.1, 0.15) is 18.6 Å². The number of benzene rings is 2. The molecule has 1 aliphatic rings. The van der Waals surface area contributed by atoms with E-state index in [2.05, 4.69) is 24.5 Å². The SMILES string of the molecule is C.COC(=O)Cc1ccc(NS(C)(=O)=O)c(Cl)c1.CS(=O)(=O)Nc1ccc(CC2=NCCN2)cc1Cl. The fourth-order valence-corrected chi connectivity index (χ4v) is 4.67. The van der Waals surface area contributed by atoms with Gasteiger partial charge in [0.1, 0.15) is 5.84 Å². The molecule has 14 heteroatoms. The Hall–Kier alpha value is -2.54. The predicted octanol–water partition coefficient (Wildman–Crippen LogP) is 3.32. The number of carbonyl (C=O) groups is 1. The summed E-state index contributed by atoms with van der Waals surface area (Å²) in [7, 11) is -5.38. The largest absolute Gasteiger partial charge is 0.469 e. The molecular weight excluding hydrogens is 551 g/mol. The van der Waals surface area contributed by atoms with Crippen LogP contribution in [0.4, 0.5) is 11.4 Å². The molecule has 0 atom stereocenters. The Morgan fingerprint density at radius 2 is 1.47 bits per heavy atom. The average molecular weight is 582 g/mol. The van der Waals surface area contributed by atoms with Crippen LogP contribution >= 0.6 is 23.2 Å². The predicted molar refractivity (Wildman–Crippen MR) is 146 cm³/mol. The van der Waals surface area contributed by atoms with Crippen LogP contribution in [-0.4, -0.2) is 61.4 Å². The van der Waals surface area contributed by atoms with Crippen LogP contribution in [0.5, 0.6) is 0 Å². The first kappa shape index (κ1) is 31.5. The van der Waals surface area contributed by atoms with Crippen molar-refractivity contribution in [3.8, 4) is 0 Å². The topological polar surface area (TPSA) is 143 Å². The van der Waals surface area contributed by atoms with E-state index in [0.717, 1.165) is 37.0 Å². The summed E-state index contributed by atoms with van der Waals surface area (Å²) in [6.07, 6.45) is 2.90. The van der Waals surface area contributed by atoms with Crippen molar-refractivity contribution in [3.63, 3.8) is 0 Å². The number of ether oxygens (including phenoxy) is 1. The molecule has 1 aliphatic heterocycles. The summed E-state index contributed by atoms with van der Waals surface area (Å²) in [5.74, 6) is 0.555. The Balaban J connectivity index is 0.000000351. The maximum Gasteiger partial charge on any atom is 0.309 e. The third-order valence-electron chi connectivity index (χ3n) is 4.35. The van der Waals surface area contributed by atoms with Gasteiger partial charge in [0.15, 0.2) is 0 Å². The maximum atomic E-state index is 11.1. The number of anilines is 2. The fourth-order valence-electron chi connectivity index (χ4n) is 2.90. The monoisotopic (exact) mass is 580 g/mol. The molecule has 0 bridgehead atoms. The van der Waals surface area contributed by atoms with Crippen molar-refractivity contribution < 1.29 is 26.4 Å². The first-order valence-electron chi connectivity index (χ1n) is 10.1. The highest BCUT2D eigenvalue weighted by molar-refractivity contribution is 7.92. The summed E-state index contributed by atoms with van der Waals surface area (Å²) in [6, 6.07) is 9.87. The summed E-state index contributed by atoms with van der Waals surface area (Å²) < 4.78 is 53.4. The minimum absolute atomic E-state index is 0. The summed E-state index contributed by atoms with van der Waals surface area (Å²) in [5, 5.41) is 3.79. The van der Waals surface area contributed by atoms with E-state index in [1.807, 2.05) is 6.07 Å². The van der Waals surface area contributed by atoms with Gasteiger partial charge in [0, 0.05) is 13.0 Å². The number of amidine groups is 1. The molecule has 3 N–H and O–H groups in total. The van der Waals surface area contributed by atoms with Crippen LogP contribution < -0.4 is 14.8 Å². The average Bonchev–Trinajstić information content (AvgIpc) is 3.24. The highest BCUT2D eigenvalue weighted by Gasteiger charge is 2.11. The molecule has 10 nitrogen and oxygen atoms in total. The number of methoxy groups -OCH3 is 1. The van der Waals surface area contributed by atoms with Crippen LogP contribution in [-0.2, 0) is 42.4 Å². The Labute approximate surface area is 222 Å². The molecule has 0 fully saturated rings. The molecule has 200 valence electrons. The Morgan fingerprint density at radius 3 is 1.89 bits per heavy atom. The lowest BCUT2D eigenvalue weighted by atomic mass is 10.1. The molecule has 0 aromatic heterocycles. The lowest BCUT2D eigenvalue weighted by Crippen LogP contribution is -2.20. The molecule has 0 amide bonds. The number of hydrogen-bond acceptors (Lipinski definition) is 8. The molecule has 3 rings (SSSR count). The molecule has 0 radical (unpaired) electrons. The molecule has 36 heavy (non-hydrogen) atoms. The molecule has 0 spiro atoms. The van der Waals surface area contributed by atoms with Gasteiger partial charge in [-0.05, 0) is 35.4 Å². The van der Waals surface area contributed by atoms with Gasteiger partial charge in [0.05, 0.1) is 54.0 Å². The number of rotatable bonds is 8. The second-order valence-electron chi connectivity index (χ2n) is 7.56. The number of esters is 1. The van der Waals surface area contributed by atoms with E-state index in [1.165, 1.54) is 19.2 Å². The van der Waals surface area contributed by atoms with Gasteiger partial charge in [-0.1, -0.05) is 42.8 Å². The van der Waals surface area contributed by atoms with E-state index >= 15 is 0 Å². The van der Waals surface area contributed by atoms with E-state index < -0.39 is 20.0 Å². The summed E-state index contributed by atoms with van der Waals surface area (Å²) in [6.45, 7) is 1.67. The van der Waals surface area contributed by atoms with Crippen LogP contribution in [0, 0.1) is 0 Å². The van der Waals surface area contributed by atoms with Crippen molar-refractivity contribution in [1.82, 2.24) is 5.32 Å². The van der Waals surface area contributed by atoms with Crippen LogP contribution in [0.25, 0.3) is 0 Å². The summed E-state index contributed by atoms with van der Waals surface area (Å²) in [4.78, 5) is 15.3. The number of carbonyl (C=O) groups excluding carboxylic acids is 1. The third-order valence-corrected chi connectivity index (χ3v) is 6.16. The van der Waals surface area contributed by atoms with Gasteiger partial charge in [-0.3, -0.25) is 19.2 Å². The van der Waals surface area contributed by atoms with E-state index in [-0.39, 0.29) is 30.5 Å². The van der Waals surface area contributed by atoms with Crippen molar-refractivity contribution in [2.24, 2.45) is 4.99 Å². The molecule has 1 heterocycles. The molecular formula is C22H30Cl2N4O6S2. The molecule has 0 saturated heterocycles. The molecule has 0 unspecified atom stereocenters. The second-order valence-corrected chi connectivity index (χ2v) is 11.9. The lowest BCUT2D eigenvalue weighted by Gasteiger charge is -2.08. The molecule has 2 aromatic carbocycles. The first-order chi connectivity index (χ1) is 16.3. The van der Waals surface area contributed by atoms with Crippen molar-refractivity contribution in [1.29, 1.82) is 0 Å². The highest BCUT2D eigenvalue weighted by atomic mass is 35.5. The third kappa shape index (κ3) is 11.5. The molecule has 0 saturated carbocycles. The standard InChI is InChI=1S/C11H14ClN3O2S.C10H12ClNO4S.CH4/c1-18(16,17)15-10-3-2-8(6-9(10)12)7-11-13-4-5-14-11;1-16-10(13)6-7-3-4-9(8(11)5-7)12-17(2,14)15;/h2-3,6,15H,4-5,7H2,1H3,(H,13,14);3-5,12H,6H2,1-2H3;1H4. The number of sulfonamides is 2. The van der Waals surface area contributed by atoms with Crippen molar-refractivity contribution in [2.75, 3.05) is 42.2 Å². The quantitative estimate of drug-likeness (QED) is 0.406. The second kappa shape index (κ2) is 13.7. The lowest BCUT2D eigenvalue weighted by molar-refractivity contribution is -0.139. The van der Waals surface area contributed by atoms with Crippen molar-refractivity contribution in [3.05, 3.63) is 57.6 Å². The Bertz CT molecular complexity index is 1320. The minimum Gasteiger partial charge on any atom is -0.469 e. The summed E-state index contributed by atoms with van der Waals surface area (Å²) in [5.41, 5.74) is 2.32. The van der Waals surface area contributed by atoms with Gasteiger partial charge < -0.3 is 10.1 Å². The molecule has 2 aromatic rings. The van der Waals surface area contributed by atoms with Gasteiger partial charge >= 0.3 is 5.97 Å². The van der Waals surface area contributed by atoms with Crippen molar-refractivity contribution in [2.45, 2.75) is 20.3 Å². The zero-order valence-corrected chi connectivity index (χ0v) is 22.4. The number of halogens is 2.